The van der Waals surface area contributed by atoms with Crippen LogP contribution in [-0.4, -0.2) is 43.1 Å². The standard InChI is InChI=1S/C21H21N.C19H19ClN2/c1-22-14-12-18(13-15-22)21-19-8-4-2-6-16(19)10-11-17-7-3-5-9-20(17)21;20-16-5-6-17-15(12-16)4-3-14-2-1-9-22-19(14)18(17)13-7-10-21-11-8-13/h2-11H,12-15H2,1H3;1-2,5-6,9,12,21H,3-4,7-8,10-11H2. The molecular formula is C40H40ClN3. The first-order valence-electron chi connectivity index (χ1n) is 16.1. The first kappa shape index (κ1) is 29.0. The predicted molar refractivity (Wildman–Crippen MR) is 186 cm³/mol. The minimum absolute atomic E-state index is 0.826. The van der Waals surface area contributed by atoms with Gasteiger partial charge in [0, 0.05) is 29.9 Å². The van der Waals surface area contributed by atoms with E-state index in [1.165, 1.54) is 74.2 Å². The molecule has 1 aromatic heterocycles. The summed E-state index contributed by atoms with van der Waals surface area (Å²) in [6, 6.07) is 28.2. The summed E-state index contributed by atoms with van der Waals surface area (Å²) in [7, 11) is 2.22. The quantitative estimate of drug-likeness (QED) is 0.193. The van der Waals surface area contributed by atoms with Gasteiger partial charge in [-0.3, -0.25) is 4.98 Å². The Morgan fingerprint density at radius 1 is 0.636 bits per heavy atom. The van der Waals surface area contributed by atoms with Crippen LogP contribution in [0.5, 0.6) is 0 Å². The maximum Gasteiger partial charge on any atom is 0.0739 e. The van der Waals surface area contributed by atoms with Crippen LogP contribution in [0.1, 0.15) is 70.3 Å². The lowest BCUT2D eigenvalue weighted by Crippen LogP contribution is -2.27. The Balaban J connectivity index is 0.000000142. The minimum atomic E-state index is 0.826. The molecule has 2 fully saturated rings. The average Bonchev–Trinajstić information content (AvgIpc) is 3.34. The fourth-order valence-corrected chi connectivity index (χ4v) is 7.39. The monoisotopic (exact) mass is 597 g/mol. The number of aromatic nitrogens is 1. The first-order chi connectivity index (χ1) is 21.7. The number of aryl methyl sites for hydroxylation is 2. The maximum atomic E-state index is 6.23. The molecule has 0 spiro atoms. The van der Waals surface area contributed by atoms with E-state index in [2.05, 4.69) is 96.1 Å². The summed E-state index contributed by atoms with van der Waals surface area (Å²) < 4.78 is 0. The molecule has 0 amide bonds. The van der Waals surface area contributed by atoms with Gasteiger partial charge in [0.15, 0.2) is 0 Å². The fourth-order valence-electron chi connectivity index (χ4n) is 7.20. The Labute approximate surface area is 267 Å². The molecule has 2 aliphatic heterocycles. The van der Waals surface area contributed by atoms with E-state index >= 15 is 0 Å². The van der Waals surface area contributed by atoms with Crippen LogP contribution in [0.15, 0.2) is 96.2 Å². The lowest BCUT2D eigenvalue weighted by molar-refractivity contribution is 0.313. The Bertz CT molecular complexity index is 1710. The van der Waals surface area contributed by atoms with E-state index in [0.29, 0.717) is 0 Å². The van der Waals surface area contributed by atoms with Crippen molar-refractivity contribution < 1.29 is 0 Å². The second-order valence-electron chi connectivity index (χ2n) is 12.3. The molecule has 0 unspecified atom stereocenters. The summed E-state index contributed by atoms with van der Waals surface area (Å²) in [5, 5.41) is 4.28. The molecule has 3 heterocycles. The highest BCUT2D eigenvalue weighted by molar-refractivity contribution is 6.30. The summed E-state index contributed by atoms with van der Waals surface area (Å²) in [4.78, 5) is 7.17. The second-order valence-corrected chi connectivity index (χ2v) is 12.8. The van der Waals surface area contributed by atoms with Gasteiger partial charge in [-0.2, -0.15) is 0 Å². The largest absolute Gasteiger partial charge is 0.316 e. The van der Waals surface area contributed by atoms with E-state index in [-0.39, 0.29) is 0 Å². The highest BCUT2D eigenvalue weighted by Gasteiger charge is 2.24. The molecule has 44 heavy (non-hydrogen) atoms. The lowest BCUT2D eigenvalue weighted by atomic mass is 9.86. The van der Waals surface area contributed by atoms with Gasteiger partial charge in [0.2, 0.25) is 0 Å². The van der Waals surface area contributed by atoms with Gasteiger partial charge in [-0.1, -0.05) is 95.6 Å². The minimum Gasteiger partial charge on any atom is -0.316 e. The second kappa shape index (κ2) is 13.1. The van der Waals surface area contributed by atoms with Crippen molar-refractivity contribution in [2.75, 3.05) is 33.2 Å². The van der Waals surface area contributed by atoms with Crippen LogP contribution >= 0.6 is 11.6 Å². The van der Waals surface area contributed by atoms with E-state index in [1.54, 1.807) is 5.57 Å². The van der Waals surface area contributed by atoms with Crippen LogP contribution < -0.4 is 5.32 Å². The van der Waals surface area contributed by atoms with E-state index in [1.807, 2.05) is 18.3 Å². The van der Waals surface area contributed by atoms with E-state index < -0.39 is 0 Å². The van der Waals surface area contributed by atoms with Crippen LogP contribution in [0.25, 0.3) is 23.3 Å². The third-order valence-corrected chi connectivity index (χ3v) is 9.77. The first-order valence-corrected chi connectivity index (χ1v) is 16.5. The topological polar surface area (TPSA) is 28.2 Å². The number of hydrogen-bond acceptors (Lipinski definition) is 3. The maximum absolute atomic E-state index is 6.23. The Hall–Kier alpha value is -3.76. The van der Waals surface area contributed by atoms with Gasteiger partial charge in [0.05, 0.1) is 5.69 Å². The van der Waals surface area contributed by atoms with Crippen molar-refractivity contribution in [3.63, 3.8) is 0 Å². The third-order valence-electron chi connectivity index (χ3n) is 9.54. The van der Waals surface area contributed by atoms with E-state index in [0.717, 1.165) is 56.9 Å². The van der Waals surface area contributed by atoms with Gasteiger partial charge in [-0.05, 0) is 121 Å². The molecule has 4 aromatic rings. The molecule has 3 aromatic carbocycles. The highest BCUT2D eigenvalue weighted by atomic mass is 35.5. The molecule has 1 N–H and O–H groups in total. The van der Waals surface area contributed by atoms with E-state index in [4.69, 9.17) is 16.6 Å². The van der Waals surface area contributed by atoms with Crippen LogP contribution in [0.4, 0.5) is 0 Å². The number of fused-ring (bicyclic) bond motifs is 4. The Morgan fingerprint density at radius 3 is 1.98 bits per heavy atom. The van der Waals surface area contributed by atoms with Gasteiger partial charge in [0.25, 0.3) is 0 Å². The number of benzene rings is 3. The number of nitrogens with one attached hydrogen (secondary N) is 1. The molecular weight excluding hydrogens is 558 g/mol. The number of nitrogens with zero attached hydrogens (tertiary/aromatic N) is 2. The number of hydrogen-bond donors (Lipinski definition) is 1. The molecule has 2 saturated heterocycles. The van der Waals surface area contributed by atoms with Crippen LogP contribution in [-0.2, 0) is 12.8 Å². The molecule has 4 aliphatic rings. The number of likely N-dealkylation sites (tertiary alicyclic amines) is 1. The van der Waals surface area contributed by atoms with E-state index in [9.17, 15) is 0 Å². The zero-order valence-corrected chi connectivity index (χ0v) is 26.3. The Kier molecular flexibility index (Phi) is 8.61. The fraction of sp³-hybridized carbons (Fsp3) is 0.275. The van der Waals surface area contributed by atoms with Crippen molar-refractivity contribution in [1.29, 1.82) is 0 Å². The van der Waals surface area contributed by atoms with Crippen molar-refractivity contribution in [2.45, 2.75) is 38.5 Å². The third kappa shape index (κ3) is 5.97. The van der Waals surface area contributed by atoms with Crippen molar-refractivity contribution in [1.82, 2.24) is 15.2 Å². The smallest absolute Gasteiger partial charge is 0.0739 e. The molecule has 0 atom stereocenters. The summed E-state index contributed by atoms with van der Waals surface area (Å²) in [5.74, 6) is 0. The SMILES string of the molecule is CN1CCC(=C2c3ccccc3C=Cc3ccccc32)CC1.Clc1ccc2c(c1)CCc1cccnc1C2=C1CCNCC1. The molecule has 4 heteroatoms. The van der Waals surface area contributed by atoms with Crippen molar-refractivity contribution >= 4 is 34.9 Å². The molecule has 2 aliphatic carbocycles. The van der Waals surface area contributed by atoms with Crippen molar-refractivity contribution in [2.24, 2.45) is 0 Å². The summed E-state index contributed by atoms with van der Waals surface area (Å²) in [5.41, 5.74) is 16.7. The molecule has 0 saturated carbocycles. The Morgan fingerprint density at radius 2 is 1.27 bits per heavy atom. The van der Waals surface area contributed by atoms with Crippen molar-refractivity contribution in [3.05, 3.63) is 146 Å². The summed E-state index contributed by atoms with van der Waals surface area (Å²) in [6.07, 6.45) is 13.1. The predicted octanol–water partition coefficient (Wildman–Crippen LogP) is 8.72. The number of rotatable bonds is 0. The molecule has 222 valence electrons. The van der Waals surface area contributed by atoms with Crippen LogP contribution in [0.2, 0.25) is 5.02 Å². The van der Waals surface area contributed by atoms with Crippen molar-refractivity contribution in [3.8, 4) is 0 Å². The number of piperidine rings is 2. The van der Waals surface area contributed by atoms with Crippen LogP contribution in [0, 0.1) is 0 Å². The zero-order chi connectivity index (χ0) is 29.9. The summed E-state index contributed by atoms with van der Waals surface area (Å²) in [6.45, 7) is 4.45. The summed E-state index contributed by atoms with van der Waals surface area (Å²) >= 11 is 6.23. The van der Waals surface area contributed by atoms with Gasteiger partial charge >= 0.3 is 0 Å². The lowest BCUT2D eigenvalue weighted by Gasteiger charge is -2.27. The number of pyridine rings is 1. The van der Waals surface area contributed by atoms with Gasteiger partial charge in [0.1, 0.15) is 0 Å². The average molecular weight is 598 g/mol. The van der Waals surface area contributed by atoms with Gasteiger partial charge in [-0.25, -0.2) is 0 Å². The van der Waals surface area contributed by atoms with Crippen LogP contribution in [0.3, 0.4) is 0 Å². The molecule has 0 bridgehead atoms. The number of halogens is 1. The molecule has 0 radical (unpaired) electrons. The zero-order valence-electron chi connectivity index (χ0n) is 25.6. The van der Waals surface area contributed by atoms with Gasteiger partial charge < -0.3 is 10.2 Å². The molecule has 3 nitrogen and oxygen atoms in total. The van der Waals surface area contributed by atoms with Gasteiger partial charge in [-0.15, -0.1) is 0 Å². The highest BCUT2D eigenvalue weighted by Crippen LogP contribution is 2.39. The normalized spacial score (nSPS) is 17.8. The molecule has 8 rings (SSSR count).